The first-order valence-corrected chi connectivity index (χ1v) is 8.62. The first-order chi connectivity index (χ1) is 8.72. The third kappa shape index (κ3) is 3.89. The van der Waals surface area contributed by atoms with Gasteiger partial charge in [-0.3, -0.25) is 9.69 Å². The molecule has 0 N–H and O–H groups in total. The Balaban J connectivity index is 1.80. The van der Waals surface area contributed by atoms with Gasteiger partial charge < -0.3 is 4.90 Å². The van der Waals surface area contributed by atoms with Crippen molar-refractivity contribution in [2.45, 2.75) is 51.1 Å². The van der Waals surface area contributed by atoms with Crippen LogP contribution >= 0.6 is 11.8 Å². The molecule has 0 bridgehead atoms. The second-order valence-electron chi connectivity index (χ2n) is 5.58. The van der Waals surface area contributed by atoms with Gasteiger partial charge in [-0.1, -0.05) is 0 Å². The van der Waals surface area contributed by atoms with E-state index in [4.69, 9.17) is 0 Å². The smallest absolute Gasteiger partial charge is 0.219 e. The zero-order valence-electron chi connectivity index (χ0n) is 11.7. The Morgan fingerprint density at radius 3 is 2.78 bits per heavy atom. The van der Waals surface area contributed by atoms with E-state index in [1.54, 1.807) is 6.92 Å². The Morgan fingerprint density at radius 2 is 2.17 bits per heavy atom. The molecule has 1 atom stereocenters. The summed E-state index contributed by atoms with van der Waals surface area (Å²) in [6, 6.07) is 1.19. The summed E-state index contributed by atoms with van der Waals surface area (Å²) in [7, 11) is 0. The van der Waals surface area contributed by atoms with Crippen molar-refractivity contribution in [3.05, 3.63) is 0 Å². The van der Waals surface area contributed by atoms with Crippen LogP contribution in [0.1, 0.15) is 39.0 Å². The van der Waals surface area contributed by atoms with Gasteiger partial charge in [0.15, 0.2) is 0 Å². The summed E-state index contributed by atoms with van der Waals surface area (Å²) in [5, 5.41) is 0. The van der Waals surface area contributed by atoms with Gasteiger partial charge in [-0.2, -0.15) is 11.8 Å². The van der Waals surface area contributed by atoms with Gasteiger partial charge in [0.2, 0.25) is 5.91 Å². The van der Waals surface area contributed by atoms with Crippen LogP contribution < -0.4 is 0 Å². The fourth-order valence-electron chi connectivity index (χ4n) is 2.96. The van der Waals surface area contributed by atoms with E-state index >= 15 is 0 Å². The van der Waals surface area contributed by atoms with Gasteiger partial charge in [-0.15, -0.1) is 0 Å². The highest BCUT2D eigenvalue weighted by Crippen LogP contribution is 2.29. The maximum atomic E-state index is 11.7. The van der Waals surface area contributed by atoms with Crippen molar-refractivity contribution in [1.82, 2.24) is 9.80 Å². The summed E-state index contributed by atoms with van der Waals surface area (Å²) in [5.74, 6) is 1.52. The number of hydrogen-bond donors (Lipinski definition) is 0. The fourth-order valence-corrected chi connectivity index (χ4v) is 3.37. The van der Waals surface area contributed by atoms with E-state index in [0.29, 0.717) is 12.1 Å². The molecule has 1 saturated heterocycles. The predicted molar refractivity (Wildman–Crippen MR) is 78.0 cm³/mol. The van der Waals surface area contributed by atoms with Gasteiger partial charge >= 0.3 is 0 Å². The number of carbonyl (C=O) groups excluding carboxylic acids is 1. The Labute approximate surface area is 115 Å². The average Bonchev–Trinajstić information content (AvgIpc) is 3.08. The van der Waals surface area contributed by atoms with Crippen LogP contribution in [0.2, 0.25) is 0 Å². The average molecular weight is 270 g/mol. The summed E-state index contributed by atoms with van der Waals surface area (Å²) in [5.41, 5.74) is 0. The number of carbonyl (C=O) groups is 1. The van der Waals surface area contributed by atoms with Crippen molar-refractivity contribution >= 4 is 17.7 Å². The molecule has 2 fully saturated rings. The molecule has 0 aromatic carbocycles. The highest BCUT2D eigenvalue weighted by Gasteiger charge is 2.34. The van der Waals surface area contributed by atoms with E-state index in [1.807, 2.05) is 11.8 Å². The molecule has 3 nitrogen and oxygen atoms in total. The fraction of sp³-hybridized carbons (Fsp3) is 0.929. The summed E-state index contributed by atoms with van der Waals surface area (Å²) in [6.45, 7) is 5.14. The minimum absolute atomic E-state index is 0.272. The highest BCUT2D eigenvalue weighted by molar-refractivity contribution is 7.98. The second-order valence-corrected chi connectivity index (χ2v) is 6.57. The molecular weight excluding hydrogens is 244 g/mol. The standard InChI is InChI=1S/C14H26N2OS/c1-12(17)16(13-6-7-13)11-14-5-3-8-15(14)9-4-10-18-2/h13-14H,3-11H2,1-2H3/t14-/m0/s1. The second kappa shape index (κ2) is 6.80. The van der Waals surface area contributed by atoms with Gasteiger partial charge in [0.25, 0.3) is 0 Å². The molecule has 104 valence electrons. The van der Waals surface area contributed by atoms with Gasteiger partial charge in [0, 0.05) is 25.6 Å². The Morgan fingerprint density at radius 1 is 1.39 bits per heavy atom. The SMILES string of the molecule is CSCCCN1CCC[C@H]1CN(C(C)=O)C1CC1. The molecule has 1 aliphatic heterocycles. The number of hydrogen-bond acceptors (Lipinski definition) is 3. The van der Waals surface area contributed by atoms with Crippen molar-refractivity contribution < 1.29 is 4.79 Å². The summed E-state index contributed by atoms with van der Waals surface area (Å²) < 4.78 is 0. The number of amides is 1. The quantitative estimate of drug-likeness (QED) is 0.663. The molecular formula is C14H26N2OS. The molecule has 0 aromatic heterocycles. The molecule has 0 spiro atoms. The topological polar surface area (TPSA) is 23.6 Å². The third-order valence-corrected chi connectivity index (χ3v) is 4.79. The molecule has 4 heteroatoms. The number of rotatable bonds is 7. The van der Waals surface area contributed by atoms with E-state index in [2.05, 4.69) is 16.1 Å². The first-order valence-electron chi connectivity index (χ1n) is 7.22. The van der Waals surface area contributed by atoms with Crippen molar-refractivity contribution in [3.63, 3.8) is 0 Å². The maximum Gasteiger partial charge on any atom is 0.219 e. The van der Waals surface area contributed by atoms with Crippen LogP contribution in [0.5, 0.6) is 0 Å². The lowest BCUT2D eigenvalue weighted by molar-refractivity contribution is -0.130. The molecule has 2 aliphatic rings. The molecule has 0 aromatic rings. The van der Waals surface area contributed by atoms with E-state index in [0.717, 1.165) is 6.54 Å². The van der Waals surface area contributed by atoms with Gasteiger partial charge in [0.1, 0.15) is 0 Å². The first kappa shape index (κ1) is 14.2. The molecule has 1 aliphatic carbocycles. The van der Waals surface area contributed by atoms with Crippen LogP contribution in [0.25, 0.3) is 0 Å². The summed E-state index contributed by atoms with van der Waals surface area (Å²) in [6.07, 6.45) is 8.47. The van der Waals surface area contributed by atoms with Crippen molar-refractivity contribution in [2.24, 2.45) is 0 Å². The Bertz CT molecular complexity index is 281. The minimum Gasteiger partial charge on any atom is -0.338 e. The molecule has 18 heavy (non-hydrogen) atoms. The molecule has 2 rings (SSSR count). The van der Waals surface area contributed by atoms with Gasteiger partial charge in [-0.25, -0.2) is 0 Å². The third-order valence-electron chi connectivity index (χ3n) is 4.09. The van der Waals surface area contributed by atoms with Gasteiger partial charge in [-0.05, 0) is 57.2 Å². The van der Waals surface area contributed by atoms with Crippen molar-refractivity contribution in [3.8, 4) is 0 Å². The lowest BCUT2D eigenvalue weighted by Crippen LogP contribution is -2.43. The Kier molecular flexibility index (Phi) is 5.37. The maximum absolute atomic E-state index is 11.7. The lowest BCUT2D eigenvalue weighted by atomic mass is 10.2. The largest absolute Gasteiger partial charge is 0.338 e. The molecule has 1 saturated carbocycles. The summed E-state index contributed by atoms with van der Waals surface area (Å²) >= 11 is 1.93. The monoisotopic (exact) mass is 270 g/mol. The van der Waals surface area contributed by atoms with E-state index in [9.17, 15) is 4.79 Å². The van der Waals surface area contributed by atoms with E-state index in [-0.39, 0.29) is 5.91 Å². The van der Waals surface area contributed by atoms with Crippen LogP contribution in [0.3, 0.4) is 0 Å². The zero-order valence-corrected chi connectivity index (χ0v) is 12.5. The van der Waals surface area contributed by atoms with Crippen molar-refractivity contribution in [1.29, 1.82) is 0 Å². The van der Waals surface area contributed by atoms with Crippen LogP contribution in [0.4, 0.5) is 0 Å². The summed E-state index contributed by atoms with van der Waals surface area (Å²) in [4.78, 5) is 16.4. The molecule has 1 amide bonds. The van der Waals surface area contributed by atoms with E-state index < -0.39 is 0 Å². The van der Waals surface area contributed by atoms with E-state index in [1.165, 1.54) is 50.9 Å². The van der Waals surface area contributed by atoms with Crippen LogP contribution in [0.15, 0.2) is 0 Å². The van der Waals surface area contributed by atoms with Crippen LogP contribution in [0, 0.1) is 0 Å². The van der Waals surface area contributed by atoms with Crippen molar-refractivity contribution in [2.75, 3.05) is 31.6 Å². The molecule has 1 heterocycles. The normalized spacial score (nSPS) is 24.4. The lowest BCUT2D eigenvalue weighted by Gasteiger charge is -2.30. The number of nitrogens with zero attached hydrogens (tertiary/aromatic N) is 2. The van der Waals surface area contributed by atoms with Gasteiger partial charge in [0.05, 0.1) is 0 Å². The molecule has 0 radical (unpaired) electrons. The van der Waals surface area contributed by atoms with Crippen LogP contribution in [-0.4, -0.2) is 59.4 Å². The number of likely N-dealkylation sites (tertiary alicyclic amines) is 1. The van der Waals surface area contributed by atoms with Crippen LogP contribution in [-0.2, 0) is 4.79 Å². The Hall–Kier alpha value is -0.220. The predicted octanol–water partition coefficient (Wildman–Crippen LogP) is 2.21. The molecule has 0 unspecified atom stereocenters. The minimum atomic E-state index is 0.272. The zero-order chi connectivity index (χ0) is 13.0. The highest BCUT2D eigenvalue weighted by atomic mass is 32.2. The number of thioether (sulfide) groups is 1.